The summed E-state index contributed by atoms with van der Waals surface area (Å²) in [7, 11) is 3.16. The maximum absolute atomic E-state index is 13.3. The molecule has 58 heavy (non-hydrogen) atoms. The lowest BCUT2D eigenvalue weighted by Gasteiger charge is -2.37. The molecule has 3 aromatic carbocycles. The average Bonchev–Trinajstić information content (AvgIpc) is 3.55. The molecule has 4 aromatic rings. The van der Waals surface area contributed by atoms with E-state index >= 15 is 0 Å². The summed E-state index contributed by atoms with van der Waals surface area (Å²) in [6.07, 6.45) is 8.20. The fraction of sp³-hybridized carbons (Fsp3) is 0.455. The fourth-order valence-corrected chi connectivity index (χ4v) is 7.37. The summed E-state index contributed by atoms with van der Waals surface area (Å²) in [5.74, 6) is -0.592. The number of aromatic amines is 1. The molecule has 0 unspecified atom stereocenters. The zero-order valence-electron chi connectivity index (χ0n) is 33.4. The van der Waals surface area contributed by atoms with E-state index in [4.69, 9.17) is 24.7 Å². The molecule has 1 saturated heterocycles. The highest BCUT2D eigenvalue weighted by molar-refractivity contribution is 6.35. The Bertz CT molecular complexity index is 1940. The second-order valence-electron chi connectivity index (χ2n) is 14.5. The van der Waals surface area contributed by atoms with E-state index in [0.717, 1.165) is 59.6 Å². The highest BCUT2D eigenvalue weighted by Gasteiger charge is 2.48. The predicted molar refractivity (Wildman–Crippen MR) is 220 cm³/mol. The van der Waals surface area contributed by atoms with E-state index in [9.17, 15) is 24.3 Å². The van der Waals surface area contributed by atoms with Crippen LogP contribution in [0, 0.1) is 0 Å². The Balaban J connectivity index is 1.32. The molecule has 0 bridgehead atoms. The van der Waals surface area contributed by atoms with Gasteiger partial charge in [0.15, 0.2) is 6.23 Å². The van der Waals surface area contributed by atoms with Crippen LogP contribution in [0.3, 0.4) is 0 Å². The van der Waals surface area contributed by atoms with Crippen molar-refractivity contribution in [1.82, 2.24) is 20.2 Å². The van der Waals surface area contributed by atoms with Gasteiger partial charge in [-0.15, -0.1) is 0 Å². The van der Waals surface area contributed by atoms with Gasteiger partial charge in [-0.05, 0) is 60.3 Å². The number of hydrogen-bond donors (Lipinski definition) is 5. The number of carbonyl (C=O) groups excluding carboxylic acids is 2. The van der Waals surface area contributed by atoms with Crippen LogP contribution in [0.5, 0.6) is 11.5 Å². The maximum atomic E-state index is 13.3. The quantitative estimate of drug-likeness (QED) is 0.0435. The highest BCUT2D eigenvalue weighted by Crippen LogP contribution is 2.42. The number of aromatic nitrogens is 2. The summed E-state index contributed by atoms with van der Waals surface area (Å²) in [6, 6.07) is 24.2. The Morgan fingerprint density at radius 3 is 1.83 bits per heavy atom. The van der Waals surface area contributed by atoms with Crippen LogP contribution >= 0.6 is 0 Å². The molecular weight excluding hydrogens is 743 g/mol. The Labute approximate surface area is 339 Å². The molecule has 0 aliphatic carbocycles. The standard InChI is InChI=1S/C44H57N5O9/c1-55-34-22-18-32(19-23-34)44(31-16-12-11-13-17-31,33-20-24-35(56-2)25-21-33)57-30-36-39(51)38(42(58-36)49-29-26-37(50)47-43(49)54)48-41(53)40(52)46-28-15-10-8-6-4-3-5-7-9-14-27-45/h11-13,16-26,29,36,38-39,42,51H,3-10,14-15,27-28,30,45H2,1-2H3,(H,46,52)(H,48,53)(H,47,50,54)/t36-,38-,39-,42-/m1/s1. The third kappa shape index (κ3) is 11.2. The summed E-state index contributed by atoms with van der Waals surface area (Å²) in [5.41, 5.74) is 5.07. The van der Waals surface area contributed by atoms with Gasteiger partial charge >= 0.3 is 17.5 Å². The van der Waals surface area contributed by atoms with Gasteiger partial charge in [-0.1, -0.05) is 106 Å². The van der Waals surface area contributed by atoms with Crippen LogP contribution in [0.15, 0.2) is 101 Å². The minimum atomic E-state index is -1.46. The van der Waals surface area contributed by atoms with E-state index in [1.54, 1.807) is 14.2 Å². The molecule has 4 atom stereocenters. The lowest BCUT2D eigenvalue weighted by molar-refractivity contribution is -0.140. The van der Waals surface area contributed by atoms with Gasteiger partial charge in [0.05, 0.1) is 20.8 Å². The molecule has 1 aliphatic rings. The smallest absolute Gasteiger partial charge is 0.330 e. The second kappa shape index (κ2) is 22.0. The molecular formula is C44H57N5O9. The third-order valence-corrected chi connectivity index (χ3v) is 10.6. The number of benzene rings is 3. The highest BCUT2D eigenvalue weighted by atomic mass is 16.6. The summed E-state index contributed by atoms with van der Waals surface area (Å²) in [4.78, 5) is 53.4. The molecule has 1 aliphatic heterocycles. The Kier molecular flexibility index (Phi) is 16.6. The molecule has 6 N–H and O–H groups in total. The number of rotatable bonds is 22. The number of nitrogens with two attached hydrogens (primary N) is 1. The van der Waals surface area contributed by atoms with Crippen LogP contribution in [0.25, 0.3) is 0 Å². The van der Waals surface area contributed by atoms with Crippen LogP contribution in [0.4, 0.5) is 0 Å². The summed E-state index contributed by atoms with van der Waals surface area (Å²) < 4.78 is 25.2. The van der Waals surface area contributed by atoms with Crippen LogP contribution in [0.1, 0.15) is 87.1 Å². The molecule has 0 saturated carbocycles. The van der Waals surface area contributed by atoms with Crippen LogP contribution in [-0.4, -0.2) is 78.6 Å². The Morgan fingerprint density at radius 2 is 1.29 bits per heavy atom. The zero-order valence-corrected chi connectivity index (χ0v) is 33.4. The monoisotopic (exact) mass is 799 g/mol. The van der Waals surface area contributed by atoms with Crippen molar-refractivity contribution in [3.8, 4) is 11.5 Å². The topological polar surface area (TPSA) is 196 Å². The number of amides is 2. The number of nitrogens with zero attached hydrogens (tertiary/aromatic N) is 1. The Morgan fingerprint density at radius 1 is 0.759 bits per heavy atom. The van der Waals surface area contributed by atoms with Crippen molar-refractivity contribution >= 4 is 11.8 Å². The molecule has 0 radical (unpaired) electrons. The molecule has 1 fully saturated rings. The summed E-state index contributed by atoms with van der Waals surface area (Å²) >= 11 is 0. The SMILES string of the molecule is COc1ccc(C(OC[C@H]2O[C@@H](n3ccc(=O)[nH]c3=O)[C@H](NC(=O)C(=O)NCCCCCCCCCCCCN)[C@@H]2O)(c2ccccc2)c2ccc(OC)cc2)cc1. The van der Waals surface area contributed by atoms with Crippen molar-refractivity contribution < 1.29 is 33.6 Å². The average molecular weight is 800 g/mol. The van der Waals surface area contributed by atoms with Crippen molar-refractivity contribution in [3.05, 3.63) is 129 Å². The van der Waals surface area contributed by atoms with E-state index in [-0.39, 0.29) is 6.61 Å². The summed E-state index contributed by atoms with van der Waals surface area (Å²) in [5, 5.41) is 17.1. The molecule has 0 spiro atoms. The number of methoxy groups -OCH3 is 2. The number of unbranched alkanes of at least 4 members (excludes halogenated alkanes) is 9. The van der Waals surface area contributed by atoms with E-state index in [1.165, 1.54) is 38.3 Å². The van der Waals surface area contributed by atoms with Crippen molar-refractivity contribution in [2.75, 3.05) is 33.9 Å². The fourth-order valence-electron chi connectivity index (χ4n) is 7.37. The van der Waals surface area contributed by atoms with E-state index in [2.05, 4.69) is 15.6 Å². The van der Waals surface area contributed by atoms with Gasteiger partial charge in [0.1, 0.15) is 35.3 Å². The molecule has 14 nitrogen and oxygen atoms in total. The maximum Gasteiger partial charge on any atom is 0.330 e. The number of carbonyl (C=O) groups is 2. The van der Waals surface area contributed by atoms with Gasteiger partial charge in [0, 0.05) is 18.8 Å². The second-order valence-corrected chi connectivity index (χ2v) is 14.5. The number of aliphatic hydroxyl groups is 1. The van der Waals surface area contributed by atoms with E-state index < -0.39 is 53.1 Å². The summed E-state index contributed by atoms with van der Waals surface area (Å²) in [6.45, 7) is 0.821. The van der Waals surface area contributed by atoms with Gasteiger partial charge in [0.2, 0.25) is 0 Å². The zero-order chi connectivity index (χ0) is 41.3. The molecule has 14 heteroatoms. The minimum Gasteiger partial charge on any atom is -0.497 e. The first kappa shape index (κ1) is 43.8. The van der Waals surface area contributed by atoms with E-state index in [0.29, 0.717) is 24.5 Å². The number of ether oxygens (including phenoxy) is 4. The van der Waals surface area contributed by atoms with Crippen LogP contribution in [-0.2, 0) is 24.7 Å². The predicted octanol–water partition coefficient (Wildman–Crippen LogP) is 4.28. The van der Waals surface area contributed by atoms with Gasteiger partial charge in [-0.3, -0.25) is 23.9 Å². The largest absolute Gasteiger partial charge is 0.497 e. The molecule has 1 aromatic heterocycles. The first-order chi connectivity index (χ1) is 28.2. The minimum absolute atomic E-state index is 0.241. The Hall–Kier alpha value is -5.28. The first-order valence-corrected chi connectivity index (χ1v) is 20.1. The third-order valence-electron chi connectivity index (χ3n) is 10.6. The lowest BCUT2D eigenvalue weighted by Crippen LogP contribution is -2.52. The van der Waals surface area contributed by atoms with Crippen LogP contribution in [0.2, 0.25) is 0 Å². The van der Waals surface area contributed by atoms with Crippen molar-refractivity contribution in [2.45, 2.75) is 94.3 Å². The number of hydrogen-bond acceptors (Lipinski definition) is 10. The number of nitrogens with one attached hydrogen (secondary N) is 3. The molecule has 2 amide bonds. The lowest BCUT2D eigenvalue weighted by atomic mass is 9.80. The van der Waals surface area contributed by atoms with Gasteiger partial charge in [-0.2, -0.15) is 0 Å². The van der Waals surface area contributed by atoms with E-state index in [1.807, 2.05) is 78.9 Å². The van der Waals surface area contributed by atoms with Gasteiger partial charge in [0.25, 0.3) is 5.56 Å². The van der Waals surface area contributed by atoms with Gasteiger partial charge in [-0.25, -0.2) is 4.79 Å². The van der Waals surface area contributed by atoms with Gasteiger partial charge < -0.3 is 40.4 Å². The number of H-pyrrole nitrogens is 1. The molecule has 312 valence electrons. The molecule has 2 heterocycles. The van der Waals surface area contributed by atoms with Crippen molar-refractivity contribution in [1.29, 1.82) is 0 Å². The number of aliphatic hydroxyl groups excluding tert-OH is 1. The molecule has 5 rings (SSSR count). The van der Waals surface area contributed by atoms with Crippen molar-refractivity contribution in [2.24, 2.45) is 5.73 Å². The first-order valence-electron chi connectivity index (χ1n) is 20.1. The normalized spacial score (nSPS) is 17.8. The van der Waals surface area contributed by atoms with Crippen LogP contribution < -0.4 is 37.1 Å². The van der Waals surface area contributed by atoms with Crippen molar-refractivity contribution in [3.63, 3.8) is 0 Å².